The molecule has 0 radical (unpaired) electrons. The van der Waals surface area contributed by atoms with Crippen LogP contribution in [0.3, 0.4) is 0 Å². The van der Waals surface area contributed by atoms with Gasteiger partial charge in [-0.1, -0.05) is 31.7 Å². The summed E-state index contributed by atoms with van der Waals surface area (Å²) in [5.74, 6) is 1.69. The second-order valence-electron chi connectivity index (χ2n) is 6.05. The lowest BCUT2D eigenvalue weighted by molar-refractivity contribution is 0.171. The fraction of sp³-hybridized carbons (Fsp3) is 0.647. The fourth-order valence-electron chi connectivity index (χ4n) is 3.31. The predicted octanol–water partition coefficient (Wildman–Crippen LogP) is 2.77. The molecule has 1 aliphatic carbocycles. The van der Waals surface area contributed by atoms with E-state index >= 15 is 0 Å². The topological polar surface area (TPSA) is 56.5 Å². The summed E-state index contributed by atoms with van der Waals surface area (Å²) in [5, 5.41) is 3.75. The molecule has 4 heteroatoms. The van der Waals surface area contributed by atoms with Gasteiger partial charge >= 0.3 is 0 Å². The van der Waals surface area contributed by atoms with E-state index in [-0.39, 0.29) is 6.04 Å². The van der Waals surface area contributed by atoms with Crippen molar-refractivity contribution in [1.82, 2.24) is 5.32 Å². The Balaban J connectivity index is 1.70. The lowest BCUT2D eigenvalue weighted by Gasteiger charge is -2.26. The molecule has 1 aromatic carbocycles. The van der Waals surface area contributed by atoms with Crippen LogP contribution in [0.1, 0.15) is 50.1 Å². The molecule has 0 saturated heterocycles. The highest BCUT2D eigenvalue weighted by atomic mass is 16.6. The molecule has 0 amide bonds. The molecule has 0 bridgehead atoms. The maximum absolute atomic E-state index is 6.00. The van der Waals surface area contributed by atoms with E-state index in [0.717, 1.165) is 11.5 Å². The van der Waals surface area contributed by atoms with E-state index in [0.29, 0.717) is 25.8 Å². The number of nitrogens with one attached hydrogen (secondary N) is 1. The lowest BCUT2D eigenvalue weighted by Crippen LogP contribution is -2.36. The van der Waals surface area contributed by atoms with Crippen molar-refractivity contribution in [3.8, 4) is 11.5 Å². The number of ether oxygens (including phenoxy) is 2. The summed E-state index contributed by atoms with van der Waals surface area (Å²) in [6.07, 6.45) is 7.93. The molecule has 1 unspecified atom stereocenters. The number of benzene rings is 1. The molecule has 4 nitrogen and oxygen atoms in total. The van der Waals surface area contributed by atoms with Gasteiger partial charge in [0.05, 0.1) is 0 Å². The molecular formula is C17H26N2O2. The fourth-order valence-corrected chi connectivity index (χ4v) is 3.31. The standard InChI is InChI=1S/C17H26N2O2/c18-12-15(19-14-5-3-1-2-4-6-14)13-7-8-16-17(11-13)21-10-9-20-16/h7-8,11,14-15,19H,1-6,9-10,12,18H2. The van der Waals surface area contributed by atoms with E-state index in [4.69, 9.17) is 15.2 Å². The van der Waals surface area contributed by atoms with Gasteiger partial charge in [0.1, 0.15) is 13.2 Å². The first-order valence-electron chi connectivity index (χ1n) is 8.22. The van der Waals surface area contributed by atoms with Crippen LogP contribution in [-0.2, 0) is 0 Å². The van der Waals surface area contributed by atoms with Gasteiger partial charge in [-0.15, -0.1) is 0 Å². The van der Waals surface area contributed by atoms with Gasteiger partial charge in [-0.3, -0.25) is 0 Å². The summed E-state index contributed by atoms with van der Waals surface area (Å²) >= 11 is 0. The van der Waals surface area contributed by atoms with Gasteiger partial charge in [-0.25, -0.2) is 0 Å². The first-order chi connectivity index (χ1) is 10.4. The summed E-state index contributed by atoms with van der Waals surface area (Å²) in [5.41, 5.74) is 7.20. The van der Waals surface area contributed by atoms with Crippen LogP contribution in [0.4, 0.5) is 0 Å². The molecule has 1 aromatic rings. The average molecular weight is 290 g/mol. The molecule has 1 aliphatic heterocycles. The molecule has 1 saturated carbocycles. The highest BCUT2D eigenvalue weighted by Gasteiger charge is 2.20. The molecule has 3 N–H and O–H groups in total. The summed E-state index contributed by atoms with van der Waals surface area (Å²) in [6.45, 7) is 1.86. The second kappa shape index (κ2) is 7.14. The van der Waals surface area contributed by atoms with E-state index in [9.17, 15) is 0 Å². The van der Waals surface area contributed by atoms with Crippen LogP contribution >= 0.6 is 0 Å². The number of hydrogen-bond donors (Lipinski definition) is 2. The van der Waals surface area contributed by atoms with E-state index in [1.54, 1.807) is 0 Å². The van der Waals surface area contributed by atoms with Crippen LogP contribution in [0.5, 0.6) is 11.5 Å². The zero-order valence-corrected chi connectivity index (χ0v) is 12.6. The van der Waals surface area contributed by atoms with Crippen LogP contribution in [-0.4, -0.2) is 25.8 Å². The molecule has 1 heterocycles. The number of rotatable bonds is 4. The second-order valence-corrected chi connectivity index (χ2v) is 6.05. The average Bonchev–Trinajstić information content (AvgIpc) is 2.81. The van der Waals surface area contributed by atoms with E-state index in [1.165, 1.54) is 44.1 Å². The maximum atomic E-state index is 6.00. The smallest absolute Gasteiger partial charge is 0.161 e. The van der Waals surface area contributed by atoms with Crippen molar-refractivity contribution < 1.29 is 9.47 Å². The van der Waals surface area contributed by atoms with Gasteiger partial charge in [0.25, 0.3) is 0 Å². The third-order valence-electron chi connectivity index (χ3n) is 4.50. The summed E-state index contributed by atoms with van der Waals surface area (Å²) in [4.78, 5) is 0. The van der Waals surface area contributed by atoms with Crippen LogP contribution in [0.2, 0.25) is 0 Å². The van der Waals surface area contributed by atoms with Crippen molar-refractivity contribution in [1.29, 1.82) is 0 Å². The Morgan fingerprint density at radius 1 is 1.05 bits per heavy atom. The molecule has 3 rings (SSSR count). The molecular weight excluding hydrogens is 264 g/mol. The first kappa shape index (κ1) is 14.7. The predicted molar refractivity (Wildman–Crippen MR) is 83.9 cm³/mol. The Morgan fingerprint density at radius 2 is 1.76 bits per heavy atom. The number of hydrogen-bond acceptors (Lipinski definition) is 4. The summed E-state index contributed by atoms with van der Waals surface area (Å²) in [6, 6.07) is 6.98. The zero-order valence-electron chi connectivity index (χ0n) is 12.6. The minimum atomic E-state index is 0.198. The summed E-state index contributed by atoms with van der Waals surface area (Å²) < 4.78 is 11.3. The minimum absolute atomic E-state index is 0.198. The normalized spacial score (nSPS) is 20.8. The zero-order chi connectivity index (χ0) is 14.5. The van der Waals surface area contributed by atoms with Gasteiger partial charge in [0, 0.05) is 18.6 Å². The van der Waals surface area contributed by atoms with Crippen molar-refractivity contribution >= 4 is 0 Å². The van der Waals surface area contributed by atoms with Crippen molar-refractivity contribution in [2.75, 3.05) is 19.8 Å². The van der Waals surface area contributed by atoms with Gasteiger partial charge in [0.15, 0.2) is 11.5 Å². The molecule has 2 aliphatic rings. The van der Waals surface area contributed by atoms with E-state index in [1.807, 2.05) is 6.07 Å². The van der Waals surface area contributed by atoms with Crippen molar-refractivity contribution in [2.24, 2.45) is 5.73 Å². The van der Waals surface area contributed by atoms with Crippen LogP contribution in [0, 0.1) is 0 Å². The van der Waals surface area contributed by atoms with Crippen molar-refractivity contribution in [3.63, 3.8) is 0 Å². The number of fused-ring (bicyclic) bond motifs is 1. The van der Waals surface area contributed by atoms with Crippen molar-refractivity contribution in [2.45, 2.75) is 50.6 Å². The Hall–Kier alpha value is -1.26. The van der Waals surface area contributed by atoms with Crippen LogP contribution in [0.25, 0.3) is 0 Å². The van der Waals surface area contributed by atoms with Crippen LogP contribution < -0.4 is 20.5 Å². The lowest BCUT2D eigenvalue weighted by atomic mass is 10.0. The van der Waals surface area contributed by atoms with Crippen LogP contribution in [0.15, 0.2) is 18.2 Å². The Bertz CT molecular complexity index is 456. The quantitative estimate of drug-likeness (QED) is 0.837. The molecule has 116 valence electrons. The molecule has 21 heavy (non-hydrogen) atoms. The highest BCUT2D eigenvalue weighted by molar-refractivity contribution is 5.44. The van der Waals surface area contributed by atoms with Gasteiger partial charge in [0.2, 0.25) is 0 Å². The molecule has 1 fully saturated rings. The van der Waals surface area contributed by atoms with E-state index < -0.39 is 0 Å². The Labute approximate surface area is 127 Å². The van der Waals surface area contributed by atoms with Crippen molar-refractivity contribution in [3.05, 3.63) is 23.8 Å². The Kier molecular flexibility index (Phi) is 4.99. The molecule has 0 spiro atoms. The number of nitrogens with two attached hydrogens (primary N) is 1. The Morgan fingerprint density at radius 3 is 2.48 bits per heavy atom. The minimum Gasteiger partial charge on any atom is -0.486 e. The maximum Gasteiger partial charge on any atom is 0.161 e. The van der Waals surface area contributed by atoms with Gasteiger partial charge in [-0.05, 0) is 30.5 Å². The first-order valence-corrected chi connectivity index (χ1v) is 8.22. The third-order valence-corrected chi connectivity index (χ3v) is 4.50. The third kappa shape index (κ3) is 3.69. The molecule has 0 aromatic heterocycles. The SMILES string of the molecule is NCC(NC1CCCCCC1)c1ccc2c(c1)OCCO2. The largest absolute Gasteiger partial charge is 0.486 e. The van der Waals surface area contributed by atoms with E-state index in [2.05, 4.69) is 17.4 Å². The monoisotopic (exact) mass is 290 g/mol. The summed E-state index contributed by atoms with van der Waals surface area (Å²) in [7, 11) is 0. The molecule has 1 atom stereocenters. The van der Waals surface area contributed by atoms with Gasteiger partial charge in [-0.2, -0.15) is 0 Å². The van der Waals surface area contributed by atoms with Gasteiger partial charge < -0.3 is 20.5 Å². The highest BCUT2D eigenvalue weighted by Crippen LogP contribution is 2.33.